The Balaban J connectivity index is 1.49. The molecule has 3 aromatic rings. The van der Waals surface area contributed by atoms with Crippen molar-refractivity contribution in [1.82, 2.24) is 24.6 Å². The number of hydrogen-bond acceptors (Lipinski definition) is 6. The topological polar surface area (TPSA) is 70.1 Å². The highest BCUT2D eigenvalue weighted by molar-refractivity contribution is 7.71. The van der Waals surface area contributed by atoms with Crippen molar-refractivity contribution in [2.24, 2.45) is 0 Å². The fourth-order valence-electron chi connectivity index (χ4n) is 3.37. The number of pyridine rings is 1. The number of aromatic nitrogens is 4. The molecule has 0 aromatic carbocycles. The van der Waals surface area contributed by atoms with Crippen LogP contribution < -0.4 is 4.90 Å². The minimum Gasteiger partial charge on any atom is -0.352 e. The number of piperazine rings is 1. The van der Waals surface area contributed by atoms with Crippen molar-refractivity contribution in [3.05, 3.63) is 45.6 Å². The van der Waals surface area contributed by atoms with Crippen molar-refractivity contribution < 1.29 is 4.79 Å². The Morgan fingerprint density at radius 1 is 1.29 bits per heavy atom. The van der Waals surface area contributed by atoms with Crippen LogP contribution in [0.15, 0.2) is 35.8 Å². The fourth-order valence-corrected chi connectivity index (χ4v) is 4.61. The Morgan fingerprint density at radius 2 is 2.07 bits per heavy atom. The molecule has 1 fully saturated rings. The summed E-state index contributed by atoms with van der Waals surface area (Å²) in [6.45, 7) is 4.45. The van der Waals surface area contributed by atoms with Crippen molar-refractivity contribution in [2.75, 3.05) is 31.1 Å². The standard InChI is InChI=1S/C18H19ClN6OS2/c1-12(25-16(21-22-18(25)27)14-5-3-11-28-14)17(26)24-9-7-23(8-10-24)15-13(19)4-2-6-20-15/h2-6,11-12H,7-10H2,1H3,(H,22,27). The van der Waals surface area contributed by atoms with Gasteiger partial charge in [-0.1, -0.05) is 17.7 Å². The maximum atomic E-state index is 13.1. The summed E-state index contributed by atoms with van der Waals surface area (Å²) >= 11 is 13.2. The summed E-state index contributed by atoms with van der Waals surface area (Å²) in [6.07, 6.45) is 1.73. The van der Waals surface area contributed by atoms with E-state index >= 15 is 0 Å². The predicted octanol–water partition coefficient (Wildman–Crippen LogP) is 3.63. The quantitative estimate of drug-likeness (QED) is 0.635. The maximum Gasteiger partial charge on any atom is 0.245 e. The van der Waals surface area contributed by atoms with E-state index in [0.29, 0.717) is 41.8 Å². The molecule has 1 saturated heterocycles. The fraction of sp³-hybridized carbons (Fsp3) is 0.333. The van der Waals surface area contributed by atoms with Gasteiger partial charge < -0.3 is 9.80 Å². The zero-order chi connectivity index (χ0) is 19.7. The van der Waals surface area contributed by atoms with Crippen LogP contribution in [0.2, 0.25) is 5.02 Å². The number of carbonyl (C=O) groups is 1. The van der Waals surface area contributed by atoms with Gasteiger partial charge in [0, 0.05) is 32.4 Å². The number of anilines is 1. The van der Waals surface area contributed by atoms with E-state index < -0.39 is 6.04 Å². The second kappa shape index (κ2) is 8.02. The minimum absolute atomic E-state index is 0.0297. The van der Waals surface area contributed by atoms with E-state index in [9.17, 15) is 4.79 Å². The van der Waals surface area contributed by atoms with Crippen molar-refractivity contribution in [2.45, 2.75) is 13.0 Å². The zero-order valence-corrected chi connectivity index (χ0v) is 17.6. The van der Waals surface area contributed by atoms with Crippen molar-refractivity contribution in [1.29, 1.82) is 0 Å². The van der Waals surface area contributed by atoms with E-state index in [2.05, 4.69) is 20.1 Å². The number of hydrogen-bond donors (Lipinski definition) is 1. The molecule has 28 heavy (non-hydrogen) atoms. The van der Waals surface area contributed by atoms with Crippen molar-refractivity contribution >= 4 is 46.9 Å². The first kappa shape index (κ1) is 19.1. The van der Waals surface area contributed by atoms with Crippen molar-refractivity contribution in [3.63, 3.8) is 0 Å². The van der Waals surface area contributed by atoms with Gasteiger partial charge in [0.05, 0.1) is 9.90 Å². The lowest BCUT2D eigenvalue weighted by Gasteiger charge is -2.37. The number of carbonyl (C=O) groups excluding carboxylic acids is 1. The van der Waals surface area contributed by atoms with Gasteiger partial charge in [0.1, 0.15) is 11.9 Å². The number of nitrogens with one attached hydrogen (secondary N) is 1. The van der Waals surface area contributed by atoms with Crippen molar-refractivity contribution in [3.8, 4) is 10.7 Å². The van der Waals surface area contributed by atoms with Crippen LogP contribution in [0.3, 0.4) is 0 Å². The lowest BCUT2D eigenvalue weighted by atomic mass is 10.2. The first-order chi connectivity index (χ1) is 13.6. The van der Waals surface area contributed by atoms with Gasteiger partial charge in [-0.2, -0.15) is 5.10 Å². The van der Waals surface area contributed by atoms with Crippen LogP contribution in [-0.4, -0.2) is 56.7 Å². The molecule has 1 unspecified atom stereocenters. The zero-order valence-electron chi connectivity index (χ0n) is 15.2. The summed E-state index contributed by atoms with van der Waals surface area (Å²) in [5.74, 6) is 1.49. The molecule has 0 aliphatic carbocycles. The van der Waals surface area contributed by atoms with Crippen LogP contribution in [0, 0.1) is 4.77 Å². The molecule has 1 N–H and O–H groups in total. The Kier molecular flexibility index (Phi) is 5.47. The lowest BCUT2D eigenvalue weighted by molar-refractivity contribution is -0.134. The highest BCUT2D eigenvalue weighted by atomic mass is 35.5. The summed E-state index contributed by atoms with van der Waals surface area (Å²) in [5, 5.41) is 9.75. The molecule has 146 valence electrons. The third-order valence-corrected chi connectivity index (χ3v) is 6.27. The first-order valence-corrected chi connectivity index (χ1v) is 10.6. The van der Waals surface area contributed by atoms with Gasteiger partial charge in [-0.25, -0.2) is 4.98 Å². The number of H-pyrrole nitrogens is 1. The first-order valence-electron chi connectivity index (χ1n) is 8.91. The summed E-state index contributed by atoms with van der Waals surface area (Å²) in [5.41, 5.74) is 0. The number of thiophene rings is 1. The molecular formula is C18H19ClN6OS2. The van der Waals surface area contributed by atoms with E-state index in [1.165, 1.54) is 0 Å². The molecule has 4 rings (SSSR count). The van der Waals surface area contributed by atoms with Gasteiger partial charge in [0.25, 0.3) is 0 Å². The molecular weight excluding hydrogens is 416 g/mol. The lowest BCUT2D eigenvalue weighted by Crippen LogP contribution is -2.50. The van der Waals surface area contributed by atoms with E-state index in [1.54, 1.807) is 22.1 Å². The molecule has 0 radical (unpaired) electrons. The molecule has 1 amide bonds. The molecule has 1 aliphatic rings. The molecule has 0 saturated carbocycles. The SMILES string of the molecule is CC(C(=O)N1CCN(c2ncccc2Cl)CC1)n1c(-c2cccs2)n[nH]c1=S. The van der Waals surface area contributed by atoms with Gasteiger partial charge >= 0.3 is 0 Å². The van der Waals surface area contributed by atoms with Gasteiger partial charge in [-0.3, -0.25) is 14.5 Å². The second-order valence-corrected chi connectivity index (χ2v) is 8.24. The molecule has 4 heterocycles. The van der Waals surface area contributed by atoms with Crippen LogP contribution in [0.25, 0.3) is 10.7 Å². The van der Waals surface area contributed by atoms with Gasteiger partial charge in [0.2, 0.25) is 5.91 Å². The molecule has 0 spiro atoms. The van der Waals surface area contributed by atoms with Crippen LogP contribution in [0.5, 0.6) is 0 Å². The summed E-state index contributed by atoms with van der Waals surface area (Å²) < 4.78 is 2.24. The highest BCUT2D eigenvalue weighted by Crippen LogP contribution is 2.27. The van der Waals surface area contributed by atoms with E-state index in [-0.39, 0.29) is 5.91 Å². The number of aromatic amines is 1. The van der Waals surface area contributed by atoms with Crippen LogP contribution in [0.1, 0.15) is 13.0 Å². The summed E-state index contributed by atoms with van der Waals surface area (Å²) in [7, 11) is 0. The maximum absolute atomic E-state index is 13.1. The highest BCUT2D eigenvalue weighted by Gasteiger charge is 2.29. The normalized spacial score (nSPS) is 15.6. The Morgan fingerprint density at radius 3 is 2.75 bits per heavy atom. The van der Waals surface area contributed by atoms with Crippen LogP contribution in [-0.2, 0) is 4.79 Å². The third-order valence-electron chi connectivity index (χ3n) is 4.82. The molecule has 10 heteroatoms. The second-order valence-electron chi connectivity index (χ2n) is 6.50. The monoisotopic (exact) mass is 434 g/mol. The smallest absolute Gasteiger partial charge is 0.245 e. The van der Waals surface area contributed by atoms with Gasteiger partial charge in [-0.05, 0) is 42.7 Å². The average molecular weight is 435 g/mol. The predicted molar refractivity (Wildman–Crippen MR) is 113 cm³/mol. The van der Waals surface area contributed by atoms with E-state index in [4.69, 9.17) is 23.8 Å². The summed E-state index contributed by atoms with van der Waals surface area (Å²) in [6, 6.07) is 7.13. The minimum atomic E-state index is -0.437. The summed E-state index contributed by atoms with van der Waals surface area (Å²) in [4.78, 5) is 22.4. The third kappa shape index (κ3) is 3.57. The van der Waals surface area contributed by atoms with Crippen LogP contribution in [0.4, 0.5) is 5.82 Å². The molecule has 7 nitrogen and oxygen atoms in total. The molecule has 1 aliphatic heterocycles. The largest absolute Gasteiger partial charge is 0.352 e. The number of rotatable bonds is 4. The van der Waals surface area contributed by atoms with E-state index in [1.807, 2.05) is 41.5 Å². The Bertz CT molecular complexity index is 1020. The molecule has 1 atom stereocenters. The number of nitrogens with zero attached hydrogens (tertiary/aromatic N) is 5. The number of amides is 1. The van der Waals surface area contributed by atoms with Gasteiger partial charge in [0.15, 0.2) is 10.6 Å². The Labute approximate surface area is 176 Å². The molecule has 0 bridgehead atoms. The average Bonchev–Trinajstić information content (AvgIpc) is 3.37. The van der Waals surface area contributed by atoms with E-state index in [0.717, 1.165) is 10.7 Å². The number of halogens is 1. The van der Waals surface area contributed by atoms with Crippen LogP contribution >= 0.6 is 35.2 Å². The Hall–Kier alpha value is -2.23. The molecule has 3 aromatic heterocycles. The van der Waals surface area contributed by atoms with Gasteiger partial charge in [-0.15, -0.1) is 11.3 Å².